The van der Waals surface area contributed by atoms with Gasteiger partial charge in [-0.25, -0.2) is 4.98 Å². The molecule has 110 valence electrons. The van der Waals surface area contributed by atoms with Gasteiger partial charge in [0.05, 0.1) is 18.1 Å². The maximum Gasteiger partial charge on any atom is 0.212 e. The zero-order chi connectivity index (χ0) is 15.4. The van der Waals surface area contributed by atoms with E-state index >= 15 is 0 Å². The Kier molecular flexibility index (Phi) is 3.78. The van der Waals surface area contributed by atoms with Crippen molar-refractivity contribution < 1.29 is 9.53 Å². The van der Waals surface area contributed by atoms with Crippen molar-refractivity contribution in [2.24, 2.45) is 7.05 Å². The molecule has 0 fully saturated rings. The van der Waals surface area contributed by atoms with E-state index in [0.717, 1.165) is 11.3 Å². The number of carbonyl (C=O) groups excluding carboxylic acids is 1. The Morgan fingerprint density at radius 2 is 2.09 bits per heavy atom. The van der Waals surface area contributed by atoms with E-state index in [-0.39, 0.29) is 0 Å². The predicted molar refractivity (Wildman–Crippen MR) is 80.4 cm³/mol. The second-order valence-corrected chi connectivity index (χ2v) is 4.52. The number of anilines is 1. The van der Waals surface area contributed by atoms with Crippen LogP contribution in [0.3, 0.4) is 0 Å². The number of nitrogens with zero attached hydrogens (tertiary/aromatic N) is 4. The zero-order valence-electron chi connectivity index (χ0n) is 11.8. The maximum absolute atomic E-state index is 10.3. The van der Waals surface area contributed by atoms with E-state index in [4.69, 9.17) is 4.74 Å². The number of pyridine rings is 2. The van der Waals surface area contributed by atoms with E-state index in [1.54, 1.807) is 35.3 Å². The van der Waals surface area contributed by atoms with Gasteiger partial charge in [0, 0.05) is 31.1 Å². The Morgan fingerprint density at radius 3 is 2.77 bits per heavy atom. The van der Waals surface area contributed by atoms with Crippen molar-refractivity contribution >= 4 is 12.2 Å². The minimum atomic E-state index is 0.466. The smallest absolute Gasteiger partial charge is 0.212 e. The molecule has 3 aromatic heterocycles. The molecule has 0 spiro atoms. The van der Waals surface area contributed by atoms with E-state index in [2.05, 4.69) is 20.4 Å². The molecule has 1 N–H and O–H groups in total. The van der Waals surface area contributed by atoms with E-state index in [0.29, 0.717) is 23.7 Å². The van der Waals surface area contributed by atoms with Crippen molar-refractivity contribution in [3.05, 3.63) is 49.1 Å². The number of rotatable bonds is 5. The van der Waals surface area contributed by atoms with Crippen LogP contribution >= 0.6 is 0 Å². The molecule has 3 heterocycles. The molecule has 0 aliphatic carbocycles. The van der Waals surface area contributed by atoms with Gasteiger partial charge >= 0.3 is 0 Å². The zero-order valence-corrected chi connectivity index (χ0v) is 11.8. The molecule has 3 rings (SSSR count). The van der Waals surface area contributed by atoms with Crippen LogP contribution in [-0.4, -0.2) is 26.2 Å². The minimum absolute atomic E-state index is 0.466. The first-order chi connectivity index (χ1) is 10.7. The summed E-state index contributed by atoms with van der Waals surface area (Å²) in [5, 5.41) is 6.59. The molecular weight excluding hydrogens is 282 g/mol. The van der Waals surface area contributed by atoms with Crippen molar-refractivity contribution in [1.82, 2.24) is 19.7 Å². The third-order valence-corrected chi connectivity index (χ3v) is 2.91. The van der Waals surface area contributed by atoms with Crippen molar-refractivity contribution in [2.45, 2.75) is 0 Å². The molecule has 0 bridgehead atoms. The largest absolute Gasteiger partial charge is 0.456 e. The highest BCUT2D eigenvalue weighted by molar-refractivity contribution is 5.68. The Hall–Kier alpha value is -3.22. The van der Waals surface area contributed by atoms with Crippen LogP contribution in [0.5, 0.6) is 11.5 Å². The number of hydrogen-bond acceptors (Lipinski definition) is 5. The second-order valence-electron chi connectivity index (χ2n) is 4.52. The second kappa shape index (κ2) is 6.04. The van der Waals surface area contributed by atoms with Crippen molar-refractivity contribution in [1.29, 1.82) is 0 Å². The first kappa shape index (κ1) is 13.7. The van der Waals surface area contributed by atoms with Gasteiger partial charge in [0.2, 0.25) is 6.41 Å². The highest BCUT2D eigenvalue weighted by Crippen LogP contribution is 2.25. The first-order valence-electron chi connectivity index (χ1n) is 6.54. The first-order valence-corrected chi connectivity index (χ1v) is 6.54. The molecule has 0 saturated carbocycles. The van der Waals surface area contributed by atoms with Crippen LogP contribution in [-0.2, 0) is 11.8 Å². The summed E-state index contributed by atoms with van der Waals surface area (Å²) in [6, 6.07) is 6.97. The maximum atomic E-state index is 10.3. The Bertz CT molecular complexity index is 783. The van der Waals surface area contributed by atoms with Crippen LogP contribution in [0.1, 0.15) is 0 Å². The summed E-state index contributed by atoms with van der Waals surface area (Å²) in [6.45, 7) is 0. The SMILES string of the molecule is Cn1cc(-c2cc(Oc3ccc(NC=O)nc3)ccn2)cn1. The average molecular weight is 295 g/mol. The third kappa shape index (κ3) is 3.09. The van der Waals surface area contributed by atoms with Crippen molar-refractivity contribution in [3.63, 3.8) is 0 Å². The molecule has 0 saturated heterocycles. The minimum Gasteiger partial charge on any atom is -0.456 e. The Labute approximate surface area is 126 Å². The van der Waals surface area contributed by atoms with Gasteiger partial charge in [-0.3, -0.25) is 14.5 Å². The van der Waals surface area contributed by atoms with E-state index in [1.165, 1.54) is 6.20 Å². The molecule has 0 atom stereocenters. The molecule has 1 amide bonds. The van der Waals surface area contributed by atoms with Gasteiger partial charge in [0.15, 0.2) is 0 Å². The number of carbonyl (C=O) groups is 1. The van der Waals surface area contributed by atoms with Crippen molar-refractivity contribution in [2.75, 3.05) is 5.32 Å². The van der Waals surface area contributed by atoms with Gasteiger partial charge in [-0.1, -0.05) is 0 Å². The van der Waals surface area contributed by atoms with Gasteiger partial charge in [0.1, 0.15) is 17.3 Å². The van der Waals surface area contributed by atoms with Crippen LogP contribution in [0.25, 0.3) is 11.3 Å². The molecule has 0 radical (unpaired) electrons. The fraction of sp³-hybridized carbons (Fsp3) is 0.0667. The van der Waals surface area contributed by atoms with Gasteiger partial charge in [-0.15, -0.1) is 0 Å². The number of aryl methyl sites for hydroxylation is 1. The monoisotopic (exact) mass is 295 g/mol. The quantitative estimate of drug-likeness (QED) is 0.730. The van der Waals surface area contributed by atoms with Crippen LogP contribution in [0, 0.1) is 0 Å². The summed E-state index contributed by atoms with van der Waals surface area (Å²) in [6.07, 6.45) is 7.41. The van der Waals surface area contributed by atoms with Crippen LogP contribution in [0.2, 0.25) is 0 Å². The highest BCUT2D eigenvalue weighted by Gasteiger charge is 2.05. The summed E-state index contributed by atoms with van der Waals surface area (Å²) >= 11 is 0. The Balaban J connectivity index is 1.79. The normalized spacial score (nSPS) is 10.2. The fourth-order valence-electron chi connectivity index (χ4n) is 1.91. The number of ether oxygens (including phenoxy) is 1. The summed E-state index contributed by atoms with van der Waals surface area (Å²) in [4.78, 5) is 18.7. The van der Waals surface area contributed by atoms with Crippen LogP contribution < -0.4 is 10.1 Å². The van der Waals surface area contributed by atoms with Gasteiger partial charge < -0.3 is 10.1 Å². The molecule has 7 heteroatoms. The summed E-state index contributed by atoms with van der Waals surface area (Å²) in [5.41, 5.74) is 1.69. The molecule has 0 aliphatic heterocycles. The lowest BCUT2D eigenvalue weighted by Gasteiger charge is -2.06. The van der Waals surface area contributed by atoms with Crippen LogP contribution in [0.4, 0.5) is 5.82 Å². The molecule has 3 aromatic rings. The molecule has 22 heavy (non-hydrogen) atoms. The summed E-state index contributed by atoms with van der Waals surface area (Å²) in [7, 11) is 1.85. The molecule has 0 aliphatic rings. The summed E-state index contributed by atoms with van der Waals surface area (Å²) < 4.78 is 7.45. The fourth-order valence-corrected chi connectivity index (χ4v) is 1.91. The molecule has 0 unspecified atom stereocenters. The number of aromatic nitrogens is 4. The third-order valence-electron chi connectivity index (χ3n) is 2.91. The number of nitrogens with one attached hydrogen (secondary N) is 1. The molecular formula is C15H13N5O2. The standard InChI is InChI=1S/C15H13N5O2/c1-20-9-11(7-19-20)14-6-12(4-5-16-14)22-13-2-3-15(17-8-13)18-10-21/h2-10H,1H3,(H,17,18,21). The van der Waals surface area contributed by atoms with Gasteiger partial charge in [0.25, 0.3) is 0 Å². The lowest BCUT2D eigenvalue weighted by molar-refractivity contribution is -0.105. The lowest BCUT2D eigenvalue weighted by atomic mass is 10.2. The molecule has 7 nitrogen and oxygen atoms in total. The van der Waals surface area contributed by atoms with Crippen LogP contribution in [0.15, 0.2) is 49.1 Å². The number of hydrogen-bond donors (Lipinski definition) is 1. The van der Waals surface area contributed by atoms with Crippen molar-refractivity contribution in [3.8, 4) is 22.8 Å². The van der Waals surface area contributed by atoms with Gasteiger partial charge in [-0.05, 0) is 18.2 Å². The summed E-state index contributed by atoms with van der Waals surface area (Å²) in [5.74, 6) is 1.68. The number of amides is 1. The topological polar surface area (TPSA) is 81.9 Å². The highest BCUT2D eigenvalue weighted by atomic mass is 16.5. The lowest BCUT2D eigenvalue weighted by Crippen LogP contribution is -1.96. The molecule has 0 aromatic carbocycles. The Morgan fingerprint density at radius 1 is 1.18 bits per heavy atom. The predicted octanol–water partition coefficient (Wildman–Crippen LogP) is 2.24. The van der Waals surface area contributed by atoms with E-state index in [9.17, 15) is 4.79 Å². The van der Waals surface area contributed by atoms with E-state index < -0.39 is 0 Å². The van der Waals surface area contributed by atoms with Gasteiger partial charge in [-0.2, -0.15) is 5.10 Å². The van der Waals surface area contributed by atoms with E-state index in [1.807, 2.05) is 19.3 Å². The average Bonchev–Trinajstić information content (AvgIpc) is 2.97.